The Morgan fingerprint density at radius 3 is 2.61 bits per heavy atom. The van der Waals surface area contributed by atoms with Gasteiger partial charge in [-0.25, -0.2) is 0 Å². The lowest BCUT2D eigenvalue weighted by Crippen LogP contribution is -2.47. The van der Waals surface area contributed by atoms with E-state index in [1.807, 2.05) is 11.0 Å². The molecule has 1 aliphatic heterocycles. The fourth-order valence-electron chi connectivity index (χ4n) is 2.87. The highest BCUT2D eigenvalue weighted by atomic mass is 35.5. The minimum atomic E-state index is -0.725. The monoisotopic (exact) mass is 400 g/mol. The number of amides is 3. The van der Waals surface area contributed by atoms with E-state index < -0.39 is 6.04 Å². The Morgan fingerprint density at radius 1 is 1.18 bits per heavy atom. The second kappa shape index (κ2) is 8.75. The van der Waals surface area contributed by atoms with Gasteiger partial charge in [0.1, 0.15) is 6.04 Å². The summed E-state index contributed by atoms with van der Waals surface area (Å²) >= 11 is 6.34. The molecule has 0 bridgehead atoms. The van der Waals surface area contributed by atoms with Gasteiger partial charge in [0.2, 0.25) is 11.8 Å². The van der Waals surface area contributed by atoms with Gasteiger partial charge in [-0.3, -0.25) is 14.4 Å². The molecule has 1 atom stereocenters. The zero-order valence-electron chi connectivity index (χ0n) is 15.4. The number of benzene rings is 2. The predicted molar refractivity (Wildman–Crippen MR) is 109 cm³/mol. The van der Waals surface area contributed by atoms with Crippen LogP contribution in [0.3, 0.4) is 0 Å². The summed E-state index contributed by atoms with van der Waals surface area (Å²) in [7, 11) is 0. The summed E-state index contributed by atoms with van der Waals surface area (Å²) in [5.74, 6) is -0.729. The first-order valence-corrected chi connectivity index (χ1v) is 9.30. The van der Waals surface area contributed by atoms with E-state index in [2.05, 4.69) is 16.0 Å². The van der Waals surface area contributed by atoms with Crippen molar-refractivity contribution < 1.29 is 14.4 Å². The molecule has 3 rings (SSSR count). The Labute approximate surface area is 168 Å². The van der Waals surface area contributed by atoms with Crippen LogP contribution < -0.4 is 20.9 Å². The Balaban J connectivity index is 1.61. The molecule has 1 saturated heterocycles. The van der Waals surface area contributed by atoms with Crippen LogP contribution in [0.4, 0.5) is 11.4 Å². The molecule has 0 spiro atoms. The summed E-state index contributed by atoms with van der Waals surface area (Å²) in [6.07, 6.45) is 0. The van der Waals surface area contributed by atoms with Gasteiger partial charge in [-0.05, 0) is 37.3 Å². The van der Waals surface area contributed by atoms with Crippen LogP contribution in [0, 0.1) is 0 Å². The molecule has 0 saturated carbocycles. The number of nitrogens with one attached hydrogen (secondary N) is 3. The minimum absolute atomic E-state index is 0.0531. The standard InChI is InChI=1S/C20H21ClN4O3/c1-13(23-20(28)14-5-3-2-4-6-14)19(27)24-15-7-8-17(16(21)11-15)25-10-9-22-18(26)12-25/h2-8,11,13H,9-10,12H2,1H3,(H,22,26)(H,23,28)(H,24,27). The fourth-order valence-corrected chi connectivity index (χ4v) is 3.17. The van der Waals surface area contributed by atoms with Crippen molar-refractivity contribution >= 4 is 40.7 Å². The smallest absolute Gasteiger partial charge is 0.251 e. The number of hydrogen-bond acceptors (Lipinski definition) is 4. The first kappa shape index (κ1) is 19.7. The third-order valence-electron chi connectivity index (χ3n) is 4.37. The lowest BCUT2D eigenvalue weighted by Gasteiger charge is -2.29. The van der Waals surface area contributed by atoms with Gasteiger partial charge < -0.3 is 20.9 Å². The molecule has 3 amide bonds. The van der Waals surface area contributed by atoms with Gasteiger partial charge in [-0.15, -0.1) is 0 Å². The average Bonchev–Trinajstić information content (AvgIpc) is 2.68. The molecular weight excluding hydrogens is 380 g/mol. The van der Waals surface area contributed by atoms with E-state index in [0.29, 0.717) is 29.4 Å². The lowest BCUT2D eigenvalue weighted by molar-refractivity contribution is -0.120. The Bertz CT molecular complexity index is 888. The molecule has 0 radical (unpaired) electrons. The lowest BCUT2D eigenvalue weighted by atomic mass is 10.2. The molecular formula is C20H21ClN4O3. The number of anilines is 2. The van der Waals surface area contributed by atoms with Gasteiger partial charge in [-0.1, -0.05) is 29.8 Å². The highest BCUT2D eigenvalue weighted by Gasteiger charge is 2.20. The van der Waals surface area contributed by atoms with Gasteiger partial charge in [0.15, 0.2) is 0 Å². The second-order valence-electron chi connectivity index (χ2n) is 6.49. The number of carbonyl (C=O) groups excluding carboxylic acids is 3. The van der Waals surface area contributed by atoms with Crippen LogP contribution in [0.5, 0.6) is 0 Å². The zero-order valence-corrected chi connectivity index (χ0v) is 16.1. The zero-order chi connectivity index (χ0) is 20.1. The third-order valence-corrected chi connectivity index (χ3v) is 4.67. The van der Waals surface area contributed by atoms with Crippen molar-refractivity contribution in [3.63, 3.8) is 0 Å². The largest absolute Gasteiger partial charge is 0.359 e. The van der Waals surface area contributed by atoms with Crippen molar-refractivity contribution in [2.24, 2.45) is 0 Å². The predicted octanol–water partition coefficient (Wildman–Crippen LogP) is 2.03. The number of halogens is 1. The summed E-state index contributed by atoms with van der Waals surface area (Å²) in [6.45, 7) is 3.08. The van der Waals surface area contributed by atoms with Gasteiger partial charge in [0.25, 0.3) is 5.91 Å². The van der Waals surface area contributed by atoms with Crippen LogP contribution in [0.25, 0.3) is 0 Å². The van der Waals surface area contributed by atoms with Crippen LogP contribution in [-0.2, 0) is 9.59 Å². The van der Waals surface area contributed by atoms with Crippen molar-refractivity contribution in [1.29, 1.82) is 0 Å². The van der Waals surface area contributed by atoms with Gasteiger partial charge >= 0.3 is 0 Å². The fraction of sp³-hybridized carbons (Fsp3) is 0.250. The van der Waals surface area contributed by atoms with E-state index in [-0.39, 0.29) is 24.3 Å². The topological polar surface area (TPSA) is 90.5 Å². The van der Waals surface area contributed by atoms with Gasteiger partial charge in [0.05, 0.1) is 17.3 Å². The SMILES string of the molecule is CC(NC(=O)c1ccccc1)C(=O)Nc1ccc(N2CCNC(=O)C2)c(Cl)c1. The number of hydrogen-bond donors (Lipinski definition) is 3. The molecule has 2 aromatic rings. The second-order valence-corrected chi connectivity index (χ2v) is 6.90. The van der Waals surface area contributed by atoms with Crippen LogP contribution in [0.1, 0.15) is 17.3 Å². The van der Waals surface area contributed by atoms with Crippen LogP contribution in [0.2, 0.25) is 5.02 Å². The maximum Gasteiger partial charge on any atom is 0.251 e. The molecule has 1 unspecified atom stereocenters. The minimum Gasteiger partial charge on any atom is -0.359 e. The molecule has 2 aromatic carbocycles. The summed E-state index contributed by atoms with van der Waals surface area (Å²) < 4.78 is 0. The van der Waals surface area contributed by atoms with E-state index >= 15 is 0 Å². The van der Waals surface area contributed by atoms with Crippen molar-refractivity contribution in [3.8, 4) is 0 Å². The van der Waals surface area contributed by atoms with Crippen molar-refractivity contribution in [3.05, 3.63) is 59.1 Å². The number of rotatable bonds is 5. The Kier molecular flexibility index (Phi) is 6.16. The average molecular weight is 401 g/mol. The highest BCUT2D eigenvalue weighted by molar-refractivity contribution is 6.33. The summed E-state index contributed by atoms with van der Waals surface area (Å²) in [5.41, 5.74) is 1.74. The molecule has 1 heterocycles. The van der Waals surface area contributed by atoms with Gasteiger partial charge in [-0.2, -0.15) is 0 Å². The van der Waals surface area contributed by atoms with E-state index in [1.54, 1.807) is 49.4 Å². The van der Waals surface area contributed by atoms with Gasteiger partial charge in [0, 0.05) is 24.3 Å². The molecule has 146 valence electrons. The normalized spacial score (nSPS) is 14.8. The van der Waals surface area contributed by atoms with Crippen molar-refractivity contribution in [2.75, 3.05) is 29.9 Å². The van der Waals surface area contributed by atoms with Crippen molar-refractivity contribution in [1.82, 2.24) is 10.6 Å². The van der Waals surface area contributed by atoms with Crippen molar-refractivity contribution in [2.45, 2.75) is 13.0 Å². The highest BCUT2D eigenvalue weighted by Crippen LogP contribution is 2.29. The number of nitrogens with zero attached hydrogens (tertiary/aromatic N) is 1. The summed E-state index contributed by atoms with van der Waals surface area (Å²) in [5, 5.41) is 8.61. The first-order chi connectivity index (χ1) is 13.4. The molecule has 28 heavy (non-hydrogen) atoms. The molecule has 3 N–H and O–H groups in total. The van der Waals surface area contributed by atoms with E-state index in [4.69, 9.17) is 11.6 Å². The Morgan fingerprint density at radius 2 is 1.93 bits per heavy atom. The van der Waals surface area contributed by atoms with Crippen LogP contribution in [-0.4, -0.2) is 43.4 Å². The van der Waals surface area contributed by atoms with E-state index in [9.17, 15) is 14.4 Å². The molecule has 7 nitrogen and oxygen atoms in total. The maximum absolute atomic E-state index is 12.4. The first-order valence-electron chi connectivity index (χ1n) is 8.92. The third kappa shape index (κ3) is 4.80. The molecule has 1 fully saturated rings. The van der Waals surface area contributed by atoms with E-state index in [0.717, 1.165) is 5.69 Å². The van der Waals surface area contributed by atoms with Crippen LogP contribution in [0.15, 0.2) is 48.5 Å². The number of piperazine rings is 1. The maximum atomic E-state index is 12.4. The number of carbonyl (C=O) groups is 3. The van der Waals surface area contributed by atoms with E-state index in [1.165, 1.54) is 0 Å². The molecule has 8 heteroatoms. The summed E-state index contributed by atoms with van der Waals surface area (Å²) in [4.78, 5) is 38.0. The molecule has 1 aliphatic rings. The van der Waals surface area contributed by atoms with Crippen LogP contribution >= 0.6 is 11.6 Å². The quantitative estimate of drug-likeness (QED) is 0.716. The summed E-state index contributed by atoms with van der Waals surface area (Å²) in [6, 6.07) is 13.1. The molecule has 0 aliphatic carbocycles. The Hall–Kier alpha value is -3.06. The molecule has 0 aromatic heterocycles.